The Kier molecular flexibility index (Phi) is 5.82. The Bertz CT molecular complexity index is 525. The second kappa shape index (κ2) is 7.39. The van der Waals surface area contributed by atoms with Crippen LogP contribution in [0.5, 0.6) is 0 Å². The van der Waals surface area contributed by atoms with Crippen molar-refractivity contribution in [2.75, 3.05) is 6.54 Å². The lowest BCUT2D eigenvalue weighted by Crippen LogP contribution is -2.21. The third-order valence-electron chi connectivity index (χ3n) is 3.57. The fourth-order valence-corrected chi connectivity index (χ4v) is 3.51. The molecule has 108 valence electrons. The molecular weight excluding hydrogens is 330 g/mol. The topological polar surface area (TPSA) is 12.0 Å². The summed E-state index contributed by atoms with van der Waals surface area (Å²) >= 11 is 5.50. The number of nitrogens with one attached hydrogen (secondary N) is 1. The van der Waals surface area contributed by atoms with E-state index in [1.165, 1.54) is 26.0 Å². The van der Waals surface area contributed by atoms with Crippen molar-refractivity contribution in [3.05, 3.63) is 55.7 Å². The second-order valence-corrected chi connectivity index (χ2v) is 7.02. The van der Waals surface area contributed by atoms with Crippen molar-refractivity contribution in [3.8, 4) is 0 Å². The van der Waals surface area contributed by atoms with E-state index >= 15 is 0 Å². The summed E-state index contributed by atoms with van der Waals surface area (Å²) in [7, 11) is 0. The molecule has 0 spiro atoms. The molecule has 2 aromatic rings. The van der Waals surface area contributed by atoms with Crippen molar-refractivity contribution in [1.82, 2.24) is 5.32 Å². The van der Waals surface area contributed by atoms with E-state index in [2.05, 4.69) is 71.7 Å². The summed E-state index contributed by atoms with van der Waals surface area (Å²) in [5, 5.41) is 5.78. The van der Waals surface area contributed by atoms with Gasteiger partial charge in [0.25, 0.3) is 0 Å². The van der Waals surface area contributed by atoms with E-state index in [9.17, 15) is 0 Å². The third kappa shape index (κ3) is 3.94. The molecule has 0 aliphatic rings. The van der Waals surface area contributed by atoms with E-state index < -0.39 is 0 Å². The minimum Gasteiger partial charge on any atom is -0.310 e. The summed E-state index contributed by atoms with van der Waals surface area (Å²) in [6.45, 7) is 7.52. The zero-order valence-corrected chi connectivity index (χ0v) is 14.8. The quantitative estimate of drug-likeness (QED) is 0.733. The first-order chi connectivity index (χ1) is 9.61. The van der Waals surface area contributed by atoms with Crippen LogP contribution in [0.25, 0.3) is 0 Å². The highest BCUT2D eigenvalue weighted by Crippen LogP contribution is 2.28. The Hall–Kier alpha value is -0.640. The summed E-state index contributed by atoms with van der Waals surface area (Å²) in [6, 6.07) is 9.41. The molecule has 2 rings (SSSR count). The lowest BCUT2D eigenvalue weighted by molar-refractivity contribution is 0.516. The summed E-state index contributed by atoms with van der Waals surface area (Å²) in [5.41, 5.74) is 4.04. The highest BCUT2D eigenvalue weighted by Gasteiger charge is 2.13. The molecule has 1 N–H and O–H groups in total. The molecule has 0 aliphatic heterocycles. The molecule has 20 heavy (non-hydrogen) atoms. The molecule has 0 radical (unpaired) electrons. The van der Waals surface area contributed by atoms with Crippen LogP contribution in [0.2, 0.25) is 0 Å². The fourth-order valence-electron chi connectivity index (χ4n) is 2.55. The van der Waals surface area contributed by atoms with Crippen LogP contribution in [0.15, 0.2) is 34.1 Å². The van der Waals surface area contributed by atoms with Crippen LogP contribution < -0.4 is 5.32 Å². The van der Waals surface area contributed by atoms with E-state index in [1.54, 1.807) is 0 Å². The van der Waals surface area contributed by atoms with Gasteiger partial charge in [0.05, 0.1) is 0 Å². The molecular formula is C17H22BrNS. The molecule has 1 aromatic carbocycles. The van der Waals surface area contributed by atoms with Gasteiger partial charge in [0, 0.05) is 15.4 Å². The summed E-state index contributed by atoms with van der Waals surface area (Å²) in [5.74, 6) is 0. The largest absolute Gasteiger partial charge is 0.310 e. The average molecular weight is 352 g/mol. The Morgan fingerprint density at radius 1 is 1.25 bits per heavy atom. The van der Waals surface area contributed by atoms with Gasteiger partial charge in [-0.05, 0) is 61.4 Å². The minimum absolute atomic E-state index is 0.438. The van der Waals surface area contributed by atoms with E-state index in [-0.39, 0.29) is 0 Å². The van der Waals surface area contributed by atoms with Crippen molar-refractivity contribution in [2.24, 2.45) is 0 Å². The number of aryl methyl sites for hydroxylation is 3. The molecule has 1 unspecified atom stereocenters. The van der Waals surface area contributed by atoms with Crippen molar-refractivity contribution < 1.29 is 0 Å². The number of halogens is 1. The lowest BCUT2D eigenvalue weighted by atomic mass is 9.97. The third-order valence-corrected chi connectivity index (χ3v) is 5.76. The number of thiophene rings is 1. The van der Waals surface area contributed by atoms with Gasteiger partial charge in [-0.15, -0.1) is 11.3 Å². The van der Waals surface area contributed by atoms with Gasteiger partial charge in [-0.25, -0.2) is 0 Å². The minimum atomic E-state index is 0.438. The van der Waals surface area contributed by atoms with Crippen molar-refractivity contribution in [3.63, 3.8) is 0 Å². The van der Waals surface area contributed by atoms with Gasteiger partial charge in [-0.2, -0.15) is 0 Å². The van der Waals surface area contributed by atoms with Gasteiger partial charge in [0.1, 0.15) is 0 Å². The molecule has 0 aliphatic carbocycles. The summed E-state index contributed by atoms with van der Waals surface area (Å²) in [4.78, 5) is 1.47. The fraction of sp³-hybridized carbons (Fsp3) is 0.412. The first kappa shape index (κ1) is 15.7. The van der Waals surface area contributed by atoms with Crippen LogP contribution in [0, 0.1) is 13.8 Å². The molecule has 1 heterocycles. The Balaban J connectivity index is 2.15. The highest BCUT2D eigenvalue weighted by atomic mass is 79.9. The number of benzene rings is 1. The van der Waals surface area contributed by atoms with Crippen LogP contribution in [0.1, 0.15) is 41.0 Å². The van der Waals surface area contributed by atoms with Crippen LogP contribution in [-0.4, -0.2) is 6.54 Å². The van der Waals surface area contributed by atoms with Gasteiger partial charge < -0.3 is 5.32 Å². The maximum Gasteiger partial charge on any atom is 0.0323 e. The Morgan fingerprint density at radius 2 is 1.95 bits per heavy atom. The van der Waals surface area contributed by atoms with Crippen molar-refractivity contribution >= 4 is 27.3 Å². The number of hydrogen-bond donors (Lipinski definition) is 1. The molecule has 0 saturated carbocycles. The van der Waals surface area contributed by atoms with E-state index in [1.807, 2.05) is 11.3 Å². The van der Waals surface area contributed by atoms with Crippen LogP contribution in [0.4, 0.5) is 0 Å². The van der Waals surface area contributed by atoms with Crippen molar-refractivity contribution in [1.29, 1.82) is 0 Å². The van der Waals surface area contributed by atoms with Crippen LogP contribution in [0.3, 0.4) is 0 Å². The lowest BCUT2D eigenvalue weighted by Gasteiger charge is -2.20. The van der Waals surface area contributed by atoms with Gasteiger partial charge in [-0.3, -0.25) is 0 Å². The van der Waals surface area contributed by atoms with Gasteiger partial charge in [0.2, 0.25) is 0 Å². The van der Waals surface area contributed by atoms with Gasteiger partial charge in [0.15, 0.2) is 0 Å². The average Bonchev–Trinajstić information content (AvgIpc) is 2.93. The molecule has 0 bridgehead atoms. The van der Waals surface area contributed by atoms with Crippen LogP contribution in [-0.2, 0) is 6.42 Å². The van der Waals surface area contributed by atoms with Gasteiger partial charge >= 0.3 is 0 Å². The zero-order chi connectivity index (χ0) is 14.5. The zero-order valence-electron chi connectivity index (χ0n) is 12.4. The highest BCUT2D eigenvalue weighted by molar-refractivity contribution is 9.10. The molecule has 3 heteroatoms. The normalized spacial score (nSPS) is 12.6. The van der Waals surface area contributed by atoms with E-state index in [0.29, 0.717) is 6.04 Å². The standard InChI is InChI=1S/C17H22BrNS/c1-4-19-16(8-7-15-6-5-9-20-15)14-10-12(2)17(18)13(3)11-14/h5-6,9-11,16,19H,4,7-8H2,1-3H3. The maximum absolute atomic E-state index is 3.65. The molecule has 0 saturated heterocycles. The maximum atomic E-state index is 3.65. The predicted molar refractivity (Wildman–Crippen MR) is 92.7 cm³/mol. The summed E-state index contributed by atoms with van der Waals surface area (Å²) < 4.78 is 1.23. The molecule has 1 nitrogen and oxygen atoms in total. The SMILES string of the molecule is CCNC(CCc1cccs1)c1cc(C)c(Br)c(C)c1. The van der Waals surface area contributed by atoms with E-state index in [0.717, 1.165) is 19.4 Å². The molecule has 0 amide bonds. The summed E-state index contributed by atoms with van der Waals surface area (Å²) in [6.07, 6.45) is 2.29. The predicted octanol–water partition coefficient (Wildman–Crippen LogP) is 5.41. The van der Waals surface area contributed by atoms with E-state index in [4.69, 9.17) is 0 Å². The first-order valence-electron chi connectivity index (χ1n) is 7.14. The molecule has 1 atom stereocenters. The second-order valence-electron chi connectivity index (χ2n) is 5.20. The molecule has 1 aromatic heterocycles. The van der Waals surface area contributed by atoms with Gasteiger partial charge in [-0.1, -0.05) is 41.1 Å². The molecule has 0 fully saturated rings. The van der Waals surface area contributed by atoms with Crippen LogP contribution >= 0.6 is 27.3 Å². The number of hydrogen-bond acceptors (Lipinski definition) is 2. The Morgan fingerprint density at radius 3 is 2.50 bits per heavy atom. The smallest absolute Gasteiger partial charge is 0.0323 e. The number of rotatable bonds is 6. The van der Waals surface area contributed by atoms with Crippen molar-refractivity contribution in [2.45, 2.75) is 39.7 Å². The first-order valence-corrected chi connectivity index (χ1v) is 8.81. The Labute approximate surface area is 134 Å². The monoisotopic (exact) mass is 351 g/mol.